The first-order valence-corrected chi connectivity index (χ1v) is 7.74. The lowest BCUT2D eigenvalue weighted by atomic mass is 9.88. The Balaban J connectivity index is 1.78. The van der Waals surface area contributed by atoms with Gasteiger partial charge in [-0.1, -0.05) is 18.6 Å². The number of para-hydroxylation sites is 1. The van der Waals surface area contributed by atoms with Gasteiger partial charge >= 0.3 is 0 Å². The van der Waals surface area contributed by atoms with Crippen LogP contribution in [0.25, 0.3) is 0 Å². The van der Waals surface area contributed by atoms with Crippen LogP contribution in [-0.4, -0.2) is 18.7 Å². The molecule has 0 spiro atoms. The Morgan fingerprint density at radius 2 is 2.15 bits per heavy atom. The average molecular weight is 277 g/mol. The van der Waals surface area contributed by atoms with E-state index in [9.17, 15) is 9.50 Å². The molecule has 2 fully saturated rings. The fraction of sp³-hybridized carbons (Fsp3) is 0.647. The number of benzene rings is 1. The third kappa shape index (κ3) is 2.44. The van der Waals surface area contributed by atoms with Gasteiger partial charge in [0.1, 0.15) is 5.82 Å². The highest BCUT2D eigenvalue weighted by molar-refractivity contribution is 5.55. The molecular weight excluding hydrogens is 253 g/mol. The number of halogens is 1. The lowest BCUT2D eigenvalue weighted by Crippen LogP contribution is -2.30. The highest BCUT2D eigenvalue weighted by Crippen LogP contribution is 2.48. The van der Waals surface area contributed by atoms with Crippen molar-refractivity contribution in [2.24, 2.45) is 17.8 Å². The van der Waals surface area contributed by atoms with E-state index in [1.54, 1.807) is 13.0 Å². The van der Waals surface area contributed by atoms with Gasteiger partial charge in [0.15, 0.2) is 0 Å². The third-order valence-corrected chi connectivity index (χ3v) is 5.24. The lowest BCUT2D eigenvalue weighted by molar-refractivity contribution is 0.199. The zero-order valence-electron chi connectivity index (χ0n) is 12.3. The molecule has 0 aliphatic heterocycles. The summed E-state index contributed by atoms with van der Waals surface area (Å²) in [7, 11) is 1.95. The summed E-state index contributed by atoms with van der Waals surface area (Å²) >= 11 is 0. The number of aliphatic hydroxyl groups is 1. The van der Waals surface area contributed by atoms with Crippen LogP contribution in [0, 0.1) is 23.6 Å². The second kappa shape index (κ2) is 5.36. The van der Waals surface area contributed by atoms with Crippen LogP contribution in [0.5, 0.6) is 0 Å². The summed E-state index contributed by atoms with van der Waals surface area (Å²) in [6.07, 6.45) is 4.78. The maximum Gasteiger partial charge on any atom is 0.146 e. The molecule has 1 N–H and O–H groups in total. The van der Waals surface area contributed by atoms with Gasteiger partial charge in [-0.2, -0.15) is 0 Å². The number of rotatable bonds is 4. The first kappa shape index (κ1) is 13.9. The summed E-state index contributed by atoms with van der Waals surface area (Å²) in [6.45, 7) is 2.60. The molecule has 110 valence electrons. The van der Waals surface area contributed by atoms with Crippen LogP contribution in [0.15, 0.2) is 18.2 Å². The predicted octanol–water partition coefficient (Wildman–Crippen LogP) is 3.75. The van der Waals surface area contributed by atoms with Gasteiger partial charge in [0.25, 0.3) is 0 Å². The van der Waals surface area contributed by atoms with Crippen molar-refractivity contribution in [2.45, 2.75) is 38.7 Å². The zero-order valence-corrected chi connectivity index (χ0v) is 12.3. The molecule has 2 aliphatic carbocycles. The molecule has 2 saturated carbocycles. The van der Waals surface area contributed by atoms with E-state index in [1.165, 1.54) is 31.7 Å². The Kier molecular flexibility index (Phi) is 3.72. The number of aliphatic hydroxyl groups excluding tert-OH is 1. The van der Waals surface area contributed by atoms with Gasteiger partial charge < -0.3 is 10.0 Å². The molecule has 0 amide bonds. The molecule has 2 bridgehead atoms. The van der Waals surface area contributed by atoms with Crippen molar-refractivity contribution in [3.05, 3.63) is 29.6 Å². The molecule has 2 aliphatic rings. The van der Waals surface area contributed by atoms with Crippen molar-refractivity contribution >= 4 is 5.69 Å². The Hall–Kier alpha value is -1.09. The van der Waals surface area contributed by atoms with Crippen molar-refractivity contribution in [1.29, 1.82) is 0 Å². The van der Waals surface area contributed by atoms with Crippen molar-refractivity contribution in [2.75, 3.05) is 18.5 Å². The smallest absolute Gasteiger partial charge is 0.146 e. The molecule has 3 heteroatoms. The Labute approximate surface area is 120 Å². The van der Waals surface area contributed by atoms with Crippen molar-refractivity contribution in [3.63, 3.8) is 0 Å². The highest BCUT2D eigenvalue weighted by Gasteiger charge is 2.40. The SMILES string of the molecule is CC(O)c1cccc(F)c1N(C)CC1CC2CCC1C2. The minimum absolute atomic E-state index is 0.228. The van der Waals surface area contributed by atoms with Gasteiger partial charge in [-0.15, -0.1) is 0 Å². The number of fused-ring (bicyclic) bond motifs is 2. The van der Waals surface area contributed by atoms with Crippen LogP contribution in [0.3, 0.4) is 0 Å². The zero-order chi connectivity index (χ0) is 14.3. The lowest BCUT2D eigenvalue weighted by Gasteiger charge is -2.30. The minimum Gasteiger partial charge on any atom is -0.389 e. The van der Waals surface area contributed by atoms with E-state index >= 15 is 0 Å². The molecule has 0 radical (unpaired) electrons. The summed E-state index contributed by atoms with van der Waals surface area (Å²) in [6, 6.07) is 4.98. The third-order valence-electron chi connectivity index (χ3n) is 5.24. The van der Waals surface area contributed by atoms with E-state index in [4.69, 9.17) is 0 Å². The van der Waals surface area contributed by atoms with Crippen LogP contribution in [0.1, 0.15) is 44.3 Å². The van der Waals surface area contributed by atoms with Crippen molar-refractivity contribution < 1.29 is 9.50 Å². The molecular formula is C17H24FNO. The molecule has 2 nitrogen and oxygen atoms in total. The van der Waals surface area contributed by atoms with Crippen LogP contribution < -0.4 is 4.90 Å². The molecule has 4 atom stereocenters. The van der Waals surface area contributed by atoms with Crippen molar-refractivity contribution in [3.8, 4) is 0 Å². The molecule has 0 heterocycles. The van der Waals surface area contributed by atoms with Crippen LogP contribution in [0.4, 0.5) is 10.1 Å². The molecule has 1 aromatic carbocycles. The standard InChI is InChI=1S/C17H24FNO/c1-11(20)15-4-3-5-16(18)17(15)19(2)10-14-9-12-6-7-13(14)8-12/h3-5,11-14,20H,6-10H2,1-2H3. The van der Waals surface area contributed by atoms with E-state index in [0.29, 0.717) is 17.2 Å². The maximum atomic E-state index is 14.2. The van der Waals surface area contributed by atoms with E-state index in [0.717, 1.165) is 18.4 Å². The fourth-order valence-corrected chi connectivity index (χ4v) is 4.31. The monoisotopic (exact) mass is 277 g/mol. The van der Waals surface area contributed by atoms with E-state index in [2.05, 4.69) is 0 Å². The van der Waals surface area contributed by atoms with Gasteiger partial charge in [-0.25, -0.2) is 4.39 Å². The maximum absolute atomic E-state index is 14.2. The van der Waals surface area contributed by atoms with E-state index in [-0.39, 0.29) is 5.82 Å². The second-order valence-electron chi connectivity index (χ2n) is 6.67. The summed E-state index contributed by atoms with van der Waals surface area (Å²) in [5.74, 6) is 2.22. The normalized spacial score (nSPS) is 29.7. The minimum atomic E-state index is -0.636. The number of nitrogens with zero attached hydrogens (tertiary/aromatic N) is 1. The second-order valence-corrected chi connectivity index (χ2v) is 6.67. The molecule has 1 aromatic rings. The molecule has 0 saturated heterocycles. The molecule has 20 heavy (non-hydrogen) atoms. The number of hydrogen-bond acceptors (Lipinski definition) is 2. The first-order valence-electron chi connectivity index (χ1n) is 7.74. The van der Waals surface area contributed by atoms with Crippen LogP contribution in [0.2, 0.25) is 0 Å². The van der Waals surface area contributed by atoms with Gasteiger partial charge in [0.2, 0.25) is 0 Å². The van der Waals surface area contributed by atoms with Gasteiger partial charge in [-0.3, -0.25) is 0 Å². The largest absolute Gasteiger partial charge is 0.389 e. The van der Waals surface area contributed by atoms with Gasteiger partial charge in [0.05, 0.1) is 11.8 Å². The highest BCUT2D eigenvalue weighted by atomic mass is 19.1. The Morgan fingerprint density at radius 3 is 2.75 bits per heavy atom. The van der Waals surface area contributed by atoms with E-state index < -0.39 is 6.10 Å². The van der Waals surface area contributed by atoms with Gasteiger partial charge in [-0.05, 0) is 50.0 Å². The quantitative estimate of drug-likeness (QED) is 0.906. The summed E-state index contributed by atoms with van der Waals surface area (Å²) < 4.78 is 14.2. The molecule has 3 rings (SSSR count). The van der Waals surface area contributed by atoms with Crippen LogP contribution in [-0.2, 0) is 0 Å². The Morgan fingerprint density at radius 1 is 1.35 bits per heavy atom. The fourth-order valence-electron chi connectivity index (χ4n) is 4.31. The van der Waals surface area contributed by atoms with Crippen LogP contribution >= 0.6 is 0 Å². The summed E-state index contributed by atoms with van der Waals surface area (Å²) in [5, 5.41) is 9.85. The first-order chi connectivity index (χ1) is 9.56. The van der Waals surface area contributed by atoms with E-state index in [1.807, 2.05) is 18.0 Å². The number of hydrogen-bond donors (Lipinski definition) is 1. The molecule has 4 unspecified atom stereocenters. The predicted molar refractivity (Wildman–Crippen MR) is 79.2 cm³/mol. The Bertz CT molecular complexity index is 488. The van der Waals surface area contributed by atoms with Crippen molar-refractivity contribution in [1.82, 2.24) is 0 Å². The summed E-state index contributed by atoms with van der Waals surface area (Å²) in [5.41, 5.74) is 1.26. The average Bonchev–Trinajstić information content (AvgIpc) is 3.00. The summed E-state index contributed by atoms with van der Waals surface area (Å²) in [4.78, 5) is 2.02. The topological polar surface area (TPSA) is 23.5 Å². The van der Waals surface area contributed by atoms with Gasteiger partial charge in [0, 0.05) is 19.2 Å². The number of anilines is 1. The molecule has 0 aromatic heterocycles.